The molecule has 3 aromatic rings. The highest BCUT2D eigenvalue weighted by Crippen LogP contribution is 2.43. The minimum atomic E-state index is -4.95. The predicted octanol–water partition coefficient (Wildman–Crippen LogP) is 7.36. The number of carbonyl (C=O) groups is 3. The smallest absolute Gasteiger partial charge is 0.425 e. The van der Waals surface area contributed by atoms with E-state index in [0.29, 0.717) is 34.6 Å². The van der Waals surface area contributed by atoms with Gasteiger partial charge in [-0.3, -0.25) is 19.4 Å². The molecule has 0 saturated carbocycles. The third-order valence-corrected chi connectivity index (χ3v) is 9.83. The van der Waals surface area contributed by atoms with Crippen molar-refractivity contribution in [1.82, 2.24) is 14.8 Å². The van der Waals surface area contributed by atoms with Gasteiger partial charge in [-0.05, 0) is 61.1 Å². The molecular weight excluding hydrogens is 683 g/mol. The van der Waals surface area contributed by atoms with E-state index in [2.05, 4.69) is 4.98 Å². The third-order valence-electron chi connectivity index (χ3n) is 8.87. The van der Waals surface area contributed by atoms with Crippen LogP contribution in [0.15, 0.2) is 48.0 Å². The Morgan fingerprint density at radius 1 is 1.04 bits per heavy atom. The zero-order chi connectivity index (χ0) is 35.7. The van der Waals surface area contributed by atoms with Crippen molar-refractivity contribution < 1.29 is 55.0 Å². The maximum Gasteiger partial charge on any atom is 0.425 e. The number of aromatic nitrogens is 1. The molecule has 3 atom stereocenters. The molecule has 1 aromatic carbocycles. The van der Waals surface area contributed by atoms with Crippen LogP contribution in [0.4, 0.5) is 30.7 Å². The third kappa shape index (κ3) is 7.53. The Hall–Kier alpha value is -4.21. The standard InChI is InChI=1S/C33H32F7N3O5S/c1-2-5-25-31(48-23-16-26(49-18-23)33(38,39)40,11-4-13-42(25)29(46)28-24(32(35,36)37)6-3-12-41-28)30(47)43-17-20-14-21(34)8-7-19(20)15-22(43)9-10-27(44)45/h3,6-8,12,14,16,18,22,25H,2,4-5,9-11,13,15,17H2,1H3,(H,44,45)/t22-,25+,31+/m0/s1. The van der Waals surface area contributed by atoms with E-state index in [1.807, 2.05) is 0 Å². The van der Waals surface area contributed by atoms with E-state index in [9.17, 15) is 45.4 Å². The van der Waals surface area contributed by atoms with Gasteiger partial charge < -0.3 is 19.6 Å². The molecule has 0 spiro atoms. The number of nitrogens with zero attached hydrogens (tertiary/aromatic N) is 3. The Labute approximate surface area is 280 Å². The van der Waals surface area contributed by atoms with Gasteiger partial charge in [0.2, 0.25) is 5.60 Å². The summed E-state index contributed by atoms with van der Waals surface area (Å²) >= 11 is 0.321. The number of alkyl halides is 6. The van der Waals surface area contributed by atoms with Crippen LogP contribution in [0.5, 0.6) is 5.75 Å². The highest BCUT2D eigenvalue weighted by molar-refractivity contribution is 7.10. The van der Waals surface area contributed by atoms with E-state index < -0.39 is 69.8 Å². The number of thiophene rings is 1. The quantitative estimate of drug-likeness (QED) is 0.233. The minimum Gasteiger partial charge on any atom is -0.481 e. The summed E-state index contributed by atoms with van der Waals surface area (Å²) < 4.78 is 104. The molecule has 1 N–H and O–H groups in total. The molecule has 264 valence electrons. The summed E-state index contributed by atoms with van der Waals surface area (Å²) in [6.45, 7) is 1.39. The number of aliphatic carboxylic acids is 1. The van der Waals surface area contributed by atoms with Crippen molar-refractivity contribution in [2.75, 3.05) is 6.54 Å². The first-order valence-corrected chi connectivity index (χ1v) is 16.4. The van der Waals surface area contributed by atoms with Crippen LogP contribution in [-0.4, -0.2) is 61.9 Å². The lowest BCUT2D eigenvalue weighted by molar-refractivity contribution is -0.163. The summed E-state index contributed by atoms with van der Waals surface area (Å²) in [5, 5.41) is 10.5. The molecule has 16 heteroatoms. The van der Waals surface area contributed by atoms with Crippen molar-refractivity contribution in [3.8, 4) is 5.75 Å². The van der Waals surface area contributed by atoms with Gasteiger partial charge in [0, 0.05) is 49.6 Å². The average Bonchev–Trinajstić information content (AvgIpc) is 3.52. The fourth-order valence-corrected chi connectivity index (χ4v) is 7.40. The maximum atomic E-state index is 15.1. The van der Waals surface area contributed by atoms with Crippen molar-refractivity contribution in [1.29, 1.82) is 0 Å². The van der Waals surface area contributed by atoms with Crippen molar-refractivity contribution in [2.45, 2.75) is 88.5 Å². The number of hydrogen-bond acceptors (Lipinski definition) is 6. The number of fused-ring (bicyclic) bond motifs is 1. The molecule has 0 bridgehead atoms. The Balaban J connectivity index is 1.65. The molecule has 1 saturated heterocycles. The van der Waals surface area contributed by atoms with Crippen molar-refractivity contribution >= 4 is 29.1 Å². The number of rotatable bonds is 9. The summed E-state index contributed by atoms with van der Waals surface area (Å²) in [7, 11) is 0. The number of ether oxygens (including phenoxy) is 1. The van der Waals surface area contributed by atoms with Crippen LogP contribution in [0.1, 0.15) is 77.5 Å². The van der Waals surface area contributed by atoms with Gasteiger partial charge in [-0.2, -0.15) is 26.3 Å². The first kappa shape index (κ1) is 36.1. The molecule has 0 unspecified atom stereocenters. The van der Waals surface area contributed by atoms with Gasteiger partial charge in [-0.25, -0.2) is 4.39 Å². The van der Waals surface area contributed by atoms with Crippen LogP contribution in [0.25, 0.3) is 0 Å². The number of amides is 2. The first-order chi connectivity index (χ1) is 23.0. The minimum absolute atomic E-state index is 0.000771. The van der Waals surface area contributed by atoms with Gasteiger partial charge in [0.1, 0.15) is 22.1 Å². The second kappa shape index (κ2) is 14.0. The number of carboxylic acids is 1. The topological polar surface area (TPSA) is 100 Å². The molecule has 4 heterocycles. The van der Waals surface area contributed by atoms with Gasteiger partial charge in [0.25, 0.3) is 11.8 Å². The summed E-state index contributed by atoms with van der Waals surface area (Å²) in [5.74, 6) is -4.00. The van der Waals surface area contributed by atoms with E-state index in [0.717, 1.165) is 22.5 Å². The maximum absolute atomic E-state index is 15.1. The monoisotopic (exact) mass is 715 g/mol. The molecule has 49 heavy (non-hydrogen) atoms. The van der Waals surface area contributed by atoms with Crippen LogP contribution < -0.4 is 4.74 Å². The zero-order valence-electron chi connectivity index (χ0n) is 26.1. The normalized spacial score (nSPS) is 21.3. The van der Waals surface area contributed by atoms with Crippen LogP contribution in [-0.2, 0) is 34.9 Å². The lowest BCUT2D eigenvalue weighted by Crippen LogP contribution is -2.69. The number of hydrogen-bond donors (Lipinski definition) is 1. The van der Waals surface area contributed by atoms with Gasteiger partial charge in [0.05, 0.1) is 11.6 Å². The predicted molar refractivity (Wildman–Crippen MR) is 162 cm³/mol. The summed E-state index contributed by atoms with van der Waals surface area (Å²) in [6, 6.07) is 4.39. The number of carboxylic acid groups (broad SMARTS) is 1. The second-order valence-electron chi connectivity index (χ2n) is 12.1. The summed E-state index contributed by atoms with van der Waals surface area (Å²) in [4.78, 5) is 45.7. The van der Waals surface area contributed by atoms with Crippen molar-refractivity contribution in [3.05, 3.63) is 81.1 Å². The van der Waals surface area contributed by atoms with Crippen LogP contribution in [0, 0.1) is 5.82 Å². The number of likely N-dealkylation sites (tertiary alicyclic amines) is 1. The number of benzene rings is 1. The van der Waals surface area contributed by atoms with Crippen LogP contribution >= 0.6 is 11.3 Å². The number of piperidine rings is 1. The molecule has 2 aromatic heterocycles. The van der Waals surface area contributed by atoms with Gasteiger partial charge >= 0.3 is 18.3 Å². The Kier molecular flexibility index (Phi) is 10.3. The molecule has 2 aliphatic rings. The molecular formula is C33H32F7N3O5S. The molecule has 0 aliphatic carbocycles. The number of carbonyl (C=O) groups excluding carboxylic acids is 2. The van der Waals surface area contributed by atoms with Gasteiger partial charge in [-0.1, -0.05) is 19.4 Å². The number of halogens is 7. The van der Waals surface area contributed by atoms with E-state index >= 15 is 4.79 Å². The first-order valence-electron chi connectivity index (χ1n) is 15.5. The Morgan fingerprint density at radius 3 is 2.45 bits per heavy atom. The average molecular weight is 716 g/mol. The van der Waals surface area contributed by atoms with Crippen molar-refractivity contribution in [2.24, 2.45) is 0 Å². The fourth-order valence-electron chi connectivity index (χ4n) is 6.72. The van der Waals surface area contributed by atoms with E-state index in [1.54, 1.807) is 6.92 Å². The lowest BCUT2D eigenvalue weighted by atomic mass is 9.78. The second-order valence-corrected chi connectivity index (χ2v) is 13.0. The summed E-state index contributed by atoms with van der Waals surface area (Å²) in [6.07, 6.45) is -8.74. The highest BCUT2D eigenvalue weighted by atomic mass is 32.1. The largest absolute Gasteiger partial charge is 0.481 e. The Morgan fingerprint density at radius 2 is 1.80 bits per heavy atom. The molecule has 8 nitrogen and oxygen atoms in total. The molecule has 2 amide bonds. The molecule has 1 fully saturated rings. The molecule has 5 rings (SSSR count). The Bertz CT molecular complexity index is 1710. The molecule has 2 aliphatic heterocycles. The number of pyridine rings is 1. The summed E-state index contributed by atoms with van der Waals surface area (Å²) in [5.41, 5.74) is -3.23. The zero-order valence-corrected chi connectivity index (χ0v) is 26.9. The SMILES string of the molecule is CCC[C@H]1N(C(=O)c2ncccc2C(F)(F)F)CCC[C@]1(Oc1csc(C(F)(F)F)c1)C(=O)N1Cc2cc(F)ccc2C[C@@H]1CCC(=O)O. The highest BCUT2D eigenvalue weighted by Gasteiger charge is 2.57. The van der Waals surface area contributed by atoms with Crippen LogP contribution in [0.3, 0.4) is 0 Å². The van der Waals surface area contributed by atoms with Crippen LogP contribution in [0.2, 0.25) is 0 Å². The fraction of sp³-hybridized carbons (Fsp3) is 0.455. The van der Waals surface area contributed by atoms with Gasteiger partial charge in [0.15, 0.2) is 0 Å². The van der Waals surface area contributed by atoms with Gasteiger partial charge in [-0.15, -0.1) is 11.3 Å². The van der Waals surface area contributed by atoms with Crippen molar-refractivity contribution in [3.63, 3.8) is 0 Å². The van der Waals surface area contributed by atoms with E-state index in [-0.39, 0.29) is 63.8 Å². The lowest BCUT2D eigenvalue weighted by Gasteiger charge is -2.51. The van der Waals surface area contributed by atoms with E-state index in [1.165, 1.54) is 23.1 Å². The molecule has 0 radical (unpaired) electrons. The van der Waals surface area contributed by atoms with E-state index in [4.69, 9.17) is 4.74 Å².